The fourth-order valence-electron chi connectivity index (χ4n) is 2.31. The number of aromatic nitrogens is 2. The number of para-hydroxylation sites is 1. The molecule has 0 saturated heterocycles. The Bertz CT molecular complexity index is 796. The lowest BCUT2D eigenvalue weighted by atomic mass is 10.2. The van der Waals surface area contributed by atoms with Gasteiger partial charge in [0.2, 0.25) is 0 Å². The number of halogens is 3. The molecule has 0 bridgehead atoms. The maximum atomic E-state index is 6.23. The minimum absolute atomic E-state index is 0.330. The number of fused-ring (bicyclic) bond motifs is 1. The maximum absolute atomic E-state index is 6.23. The first kappa shape index (κ1) is 13.9. The molecule has 0 fully saturated rings. The van der Waals surface area contributed by atoms with Gasteiger partial charge in [-0.15, -0.1) is 11.6 Å². The van der Waals surface area contributed by atoms with Crippen molar-refractivity contribution in [2.75, 3.05) is 0 Å². The number of hydrogen-bond acceptors (Lipinski definition) is 1. The Kier molecular flexibility index (Phi) is 3.76. The van der Waals surface area contributed by atoms with Gasteiger partial charge in [-0.05, 0) is 36.8 Å². The second-order valence-corrected chi connectivity index (χ2v) is 6.02. The van der Waals surface area contributed by atoms with Gasteiger partial charge in [-0.2, -0.15) is 0 Å². The Balaban J connectivity index is 2.41. The Morgan fingerprint density at radius 1 is 1.20 bits per heavy atom. The smallest absolute Gasteiger partial charge is 0.129 e. The van der Waals surface area contributed by atoms with Crippen LogP contribution in [-0.2, 0) is 5.88 Å². The van der Waals surface area contributed by atoms with Gasteiger partial charge in [-0.25, -0.2) is 4.98 Å². The van der Waals surface area contributed by atoms with Gasteiger partial charge in [0.15, 0.2) is 0 Å². The summed E-state index contributed by atoms with van der Waals surface area (Å²) in [5.41, 5.74) is 3.94. The minimum Gasteiger partial charge on any atom is -0.295 e. The molecule has 0 aliphatic carbocycles. The standard InChI is InChI=1S/C15H11BrCl2N2/c1-9-10(16)4-2-6-12(9)20-13-7-3-5-11(18)15(13)19-14(20)8-17/h2-7H,8H2,1H3. The first-order valence-corrected chi connectivity index (χ1v) is 7.81. The molecule has 2 nitrogen and oxygen atoms in total. The maximum Gasteiger partial charge on any atom is 0.129 e. The average Bonchev–Trinajstić information content (AvgIpc) is 2.82. The van der Waals surface area contributed by atoms with Crippen molar-refractivity contribution in [3.05, 3.63) is 57.3 Å². The third-order valence-electron chi connectivity index (χ3n) is 3.30. The van der Waals surface area contributed by atoms with E-state index in [2.05, 4.69) is 38.5 Å². The fourth-order valence-corrected chi connectivity index (χ4v) is 3.06. The Morgan fingerprint density at radius 2 is 1.95 bits per heavy atom. The SMILES string of the molecule is Cc1c(Br)cccc1-n1c(CCl)nc2c(Cl)cccc21. The van der Waals surface area contributed by atoms with E-state index in [1.165, 1.54) is 0 Å². The molecule has 0 atom stereocenters. The Hall–Kier alpha value is -1.03. The number of imidazole rings is 1. The van der Waals surface area contributed by atoms with Crippen molar-refractivity contribution in [1.82, 2.24) is 9.55 Å². The van der Waals surface area contributed by atoms with Crippen molar-refractivity contribution in [2.45, 2.75) is 12.8 Å². The van der Waals surface area contributed by atoms with Gasteiger partial charge in [0.1, 0.15) is 11.3 Å². The minimum atomic E-state index is 0.330. The predicted octanol–water partition coefficient (Wildman–Crippen LogP) is 5.49. The third-order valence-corrected chi connectivity index (χ3v) is 4.71. The summed E-state index contributed by atoms with van der Waals surface area (Å²) in [5.74, 6) is 1.12. The van der Waals surface area contributed by atoms with Crippen LogP contribution < -0.4 is 0 Å². The summed E-state index contributed by atoms with van der Waals surface area (Å²) >= 11 is 15.9. The van der Waals surface area contributed by atoms with E-state index >= 15 is 0 Å². The van der Waals surface area contributed by atoms with Crippen LogP contribution in [0.15, 0.2) is 40.9 Å². The van der Waals surface area contributed by atoms with Gasteiger partial charge in [0, 0.05) is 4.47 Å². The monoisotopic (exact) mass is 368 g/mol. The fraction of sp³-hybridized carbons (Fsp3) is 0.133. The van der Waals surface area contributed by atoms with Crippen molar-refractivity contribution in [3.63, 3.8) is 0 Å². The van der Waals surface area contributed by atoms with E-state index in [1.54, 1.807) is 0 Å². The molecule has 0 aliphatic heterocycles. The summed E-state index contributed by atoms with van der Waals surface area (Å²) in [6, 6.07) is 11.8. The molecule has 0 amide bonds. The molecule has 0 saturated carbocycles. The van der Waals surface area contributed by atoms with Crippen LogP contribution in [0.1, 0.15) is 11.4 Å². The molecule has 102 valence electrons. The zero-order valence-corrected chi connectivity index (χ0v) is 13.8. The summed E-state index contributed by atoms with van der Waals surface area (Å²) in [6.45, 7) is 2.06. The number of alkyl halides is 1. The molecular formula is C15H11BrCl2N2. The van der Waals surface area contributed by atoms with Crippen LogP contribution >= 0.6 is 39.1 Å². The predicted molar refractivity (Wildman–Crippen MR) is 88.1 cm³/mol. The van der Waals surface area contributed by atoms with E-state index in [4.69, 9.17) is 23.2 Å². The van der Waals surface area contributed by atoms with Crippen molar-refractivity contribution < 1.29 is 0 Å². The van der Waals surface area contributed by atoms with Crippen LogP contribution in [0.25, 0.3) is 16.7 Å². The van der Waals surface area contributed by atoms with Crippen LogP contribution in [0.2, 0.25) is 5.02 Å². The highest BCUT2D eigenvalue weighted by molar-refractivity contribution is 9.10. The molecular weight excluding hydrogens is 359 g/mol. The quantitative estimate of drug-likeness (QED) is 0.546. The summed E-state index contributed by atoms with van der Waals surface area (Å²) in [7, 11) is 0. The molecule has 0 radical (unpaired) electrons. The largest absolute Gasteiger partial charge is 0.295 e. The summed E-state index contributed by atoms with van der Waals surface area (Å²) in [5, 5.41) is 0.639. The molecule has 1 heterocycles. The van der Waals surface area contributed by atoms with E-state index in [0.717, 1.165) is 32.6 Å². The van der Waals surface area contributed by atoms with E-state index in [1.807, 2.05) is 30.3 Å². The lowest BCUT2D eigenvalue weighted by molar-refractivity contribution is 0.971. The summed E-state index contributed by atoms with van der Waals surface area (Å²) in [4.78, 5) is 4.56. The van der Waals surface area contributed by atoms with Crippen LogP contribution in [0.4, 0.5) is 0 Å². The van der Waals surface area contributed by atoms with Crippen molar-refractivity contribution in [3.8, 4) is 5.69 Å². The van der Waals surface area contributed by atoms with Gasteiger partial charge < -0.3 is 0 Å². The highest BCUT2D eigenvalue weighted by atomic mass is 79.9. The Morgan fingerprint density at radius 3 is 2.70 bits per heavy atom. The van der Waals surface area contributed by atoms with E-state index < -0.39 is 0 Å². The second kappa shape index (κ2) is 5.40. The molecule has 1 aromatic heterocycles. The summed E-state index contributed by atoms with van der Waals surface area (Å²) in [6.07, 6.45) is 0. The molecule has 0 N–H and O–H groups in total. The Labute approximate surface area is 135 Å². The van der Waals surface area contributed by atoms with E-state index in [-0.39, 0.29) is 0 Å². The average molecular weight is 370 g/mol. The van der Waals surface area contributed by atoms with Crippen LogP contribution in [0.3, 0.4) is 0 Å². The molecule has 0 unspecified atom stereocenters. The molecule has 20 heavy (non-hydrogen) atoms. The van der Waals surface area contributed by atoms with Crippen LogP contribution in [0, 0.1) is 6.92 Å². The number of benzene rings is 2. The first-order valence-electron chi connectivity index (χ1n) is 6.10. The highest BCUT2D eigenvalue weighted by Crippen LogP contribution is 2.30. The first-order chi connectivity index (χ1) is 9.63. The number of nitrogens with zero attached hydrogens (tertiary/aromatic N) is 2. The van der Waals surface area contributed by atoms with Crippen molar-refractivity contribution in [2.24, 2.45) is 0 Å². The van der Waals surface area contributed by atoms with E-state index in [0.29, 0.717) is 10.9 Å². The van der Waals surface area contributed by atoms with E-state index in [9.17, 15) is 0 Å². The second-order valence-electron chi connectivity index (χ2n) is 4.49. The van der Waals surface area contributed by atoms with Gasteiger partial charge in [-0.3, -0.25) is 4.57 Å². The molecule has 0 spiro atoms. The third kappa shape index (κ3) is 2.14. The molecule has 5 heteroatoms. The van der Waals surface area contributed by atoms with Crippen molar-refractivity contribution >= 4 is 50.2 Å². The lowest BCUT2D eigenvalue weighted by Gasteiger charge is -2.12. The topological polar surface area (TPSA) is 17.8 Å². The zero-order chi connectivity index (χ0) is 14.3. The number of hydrogen-bond donors (Lipinski definition) is 0. The van der Waals surface area contributed by atoms with Gasteiger partial charge >= 0.3 is 0 Å². The van der Waals surface area contributed by atoms with Gasteiger partial charge in [-0.1, -0.05) is 39.7 Å². The zero-order valence-electron chi connectivity index (χ0n) is 10.7. The summed E-state index contributed by atoms with van der Waals surface area (Å²) < 4.78 is 3.12. The lowest BCUT2D eigenvalue weighted by Crippen LogP contribution is -2.01. The van der Waals surface area contributed by atoms with Crippen LogP contribution in [0.5, 0.6) is 0 Å². The molecule has 3 aromatic rings. The number of rotatable bonds is 2. The highest BCUT2D eigenvalue weighted by Gasteiger charge is 2.15. The molecule has 2 aromatic carbocycles. The van der Waals surface area contributed by atoms with Crippen molar-refractivity contribution in [1.29, 1.82) is 0 Å². The normalized spacial score (nSPS) is 11.2. The van der Waals surface area contributed by atoms with Crippen LogP contribution in [-0.4, -0.2) is 9.55 Å². The van der Waals surface area contributed by atoms with Gasteiger partial charge in [0.25, 0.3) is 0 Å². The molecule has 0 aliphatic rings. The van der Waals surface area contributed by atoms with Gasteiger partial charge in [0.05, 0.1) is 22.1 Å². The molecule has 3 rings (SSSR count).